The lowest BCUT2D eigenvalue weighted by atomic mass is 9.98. The van der Waals surface area contributed by atoms with Crippen LogP contribution >= 0.6 is 11.3 Å². The SMILES string of the molecule is NC(=O)NC(CC(=O)NC(Cc1cccc(F)c1)c1cccc(F)c1)c1cccs1. The fraction of sp³-hybridized carbons (Fsp3) is 0.182. The second kappa shape index (κ2) is 9.98. The molecule has 0 bridgehead atoms. The van der Waals surface area contributed by atoms with E-state index in [-0.39, 0.29) is 24.6 Å². The minimum Gasteiger partial charge on any atom is -0.352 e. The maximum Gasteiger partial charge on any atom is 0.312 e. The van der Waals surface area contributed by atoms with Gasteiger partial charge in [-0.3, -0.25) is 4.79 Å². The molecule has 0 radical (unpaired) electrons. The van der Waals surface area contributed by atoms with Crippen molar-refractivity contribution in [2.45, 2.75) is 24.9 Å². The zero-order valence-electron chi connectivity index (χ0n) is 16.0. The van der Waals surface area contributed by atoms with Crippen LogP contribution in [0.15, 0.2) is 66.0 Å². The molecule has 30 heavy (non-hydrogen) atoms. The van der Waals surface area contributed by atoms with Crippen LogP contribution in [0.1, 0.15) is 34.5 Å². The number of halogens is 2. The molecule has 2 aromatic carbocycles. The van der Waals surface area contributed by atoms with Gasteiger partial charge in [0.2, 0.25) is 5.91 Å². The molecular formula is C22H21F2N3O2S. The molecule has 5 nitrogen and oxygen atoms in total. The molecule has 3 rings (SSSR count). The molecule has 2 unspecified atom stereocenters. The first-order valence-electron chi connectivity index (χ1n) is 9.29. The maximum atomic E-state index is 13.8. The van der Waals surface area contributed by atoms with Crippen molar-refractivity contribution in [1.29, 1.82) is 0 Å². The van der Waals surface area contributed by atoms with Crippen LogP contribution in [0.2, 0.25) is 0 Å². The van der Waals surface area contributed by atoms with Gasteiger partial charge in [0.25, 0.3) is 0 Å². The van der Waals surface area contributed by atoms with E-state index in [0.29, 0.717) is 11.1 Å². The Morgan fingerprint density at radius 2 is 1.67 bits per heavy atom. The van der Waals surface area contributed by atoms with Crippen LogP contribution in [-0.4, -0.2) is 11.9 Å². The topological polar surface area (TPSA) is 84.2 Å². The van der Waals surface area contributed by atoms with Crippen molar-refractivity contribution in [3.8, 4) is 0 Å². The van der Waals surface area contributed by atoms with Crippen LogP contribution in [0.3, 0.4) is 0 Å². The molecule has 3 amide bonds. The molecule has 3 aromatic rings. The molecule has 0 saturated heterocycles. The number of carbonyl (C=O) groups is 2. The number of thiophene rings is 1. The van der Waals surface area contributed by atoms with Crippen molar-refractivity contribution in [2.24, 2.45) is 5.73 Å². The first kappa shape index (κ1) is 21.4. The summed E-state index contributed by atoms with van der Waals surface area (Å²) in [5.41, 5.74) is 6.47. The molecule has 0 aliphatic carbocycles. The van der Waals surface area contributed by atoms with E-state index in [1.165, 1.54) is 35.6 Å². The maximum absolute atomic E-state index is 13.8. The third-order valence-corrected chi connectivity index (χ3v) is 5.49. The molecule has 0 spiro atoms. The van der Waals surface area contributed by atoms with Gasteiger partial charge in [0.15, 0.2) is 0 Å². The molecule has 4 N–H and O–H groups in total. The van der Waals surface area contributed by atoms with Crippen molar-refractivity contribution in [3.63, 3.8) is 0 Å². The van der Waals surface area contributed by atoms with Gasteiger partial charge >= 0.3 is 6.03 Å². The Kier molecular flexibility index (Phi) is 7.13. The first-order valence-corrected chi connectivity index (χ1v) is 10.2. The molecule has 0 saturated carbocycles. The number of carbonyl (C=O) groups excluding carboxylic acids is 2. The average Bonchev–Trinajstić information content (AvgIpc) is 3.21. The third-order valence-electron chi connectivity index (χ3n) is 4.51. The van der Waals surface area contributed by atoms with Gasteiger partial charge in [-0.1, -0.05) is 30.3 Å². The van der Waals surface area contributed by atoms with Crippen LogP contribution < -0.4 is 16.4 Å². The number of hydrogen-bond donors (Lipinski definition) is 3. The van der Waals surface area contributed by atoms with Crippen molar-refractivity contribution in [1.82, 2.24) is 10.6 Å². The van der Waals surface area contributed by atoms with Gasteiger partial charge in [0.1, 0.15) is 11.6 Å². The monoisotopic (exact) mass is 429 g/mol. The van der Waals surface area contributed by atoms with Crippen molar-refractivity contribution in [2.75, 3.05) is 0 Å². The number of benzene rings is 2. The number of primary amides is 1. The number of nitrogens with two attached hydrogens (primary N) is 1. The van der Waals surface area contributed by atoms with Crippen LogP contribution in [0.25, 0.3) is 0 Å². The summed E-state index contributed by atoms with van der Waals surface area (Å²) in [6.45, 7) is 0. The van der Waals surface area contributed by atoms with E-state index in [9.17, 15) is 18.4 Å². The van der Waals surface area contributed by atoms with Crippen LogP contribution in [-0.2, 0) is 11.2 Å². The molecule has 8 heteroatoms. The Bertz CT molecular complexity index is 1010. The Morgan fingerprint density at radius 1 is 0.933 bits per heavy atom. The van der Waals surface area contributed by atoms with Gasteiger partial charge in [0.05, 0.1) is 18.5 Å². The minimum absolute atomic E-state index is 0.0432. The smallest absolute Gasteiger partial charge is 0.312 e. The molecule has 156 valence electrons. The van der Waals surface area contributed by atoms with Crippen LogP contribution in [0, 0.1) is 11.6 Å². The summed E-state index contributed by atoms with van der Waals surface area (Å²) in [5.74, 6) is -1.18. The van der Waals surface area contributed by atoms with Crippen molar-refractivity contribution < 1.29 is 18.4 Å². The van der Waals surface area contributed by atoms with E-state index >= 15 is 0 Å². The standard InChI is InChI=1S/C22H21F2N3O2S/c23-16-6-1-4-14(10-16)11-18(15-5-2-7-17(24)12-15)26-21(28)13-19(27-22(25)29)20-8-3-9-30-20/h1-10,12,18-19H,11,13H2,(H,26,28)(H3,25,27,29). The fourth-order valence-corrected chi connectivity index (χ4v) is 3.98. The lowest BCUT2D eigenvalue weighted by molar-refractivity contribution is -0.122. The van der Waals surface area contributed by atoms with E-state index in [2.05, 4.69) is 10.6 Å². The van der Waals surface area contributed by atoms with E-state index in [0.717, 1.165) is 4.88 Å². The van der Waals surface area contributed by atoms with E-state index in [1.54, 1.807) is 30.3 Å². The Labute approximate surface area is 176 Å². The summed E-state index contributed by atoms with van der Waals surface area (Å²) >= 11 is 1.39. The van der Waals surface area contributed by atoms with Crippen molar-refractivity contribution >= 4 is 23.3 Å². The van der Waals surface area contributed by atoms with Gasteiger partial charge in [0, 0.05) is 4.88 Å². The first-order chi connectivity index (χ1) is 14.4. The molecule has 1 aromatic heterocycles. The average molecular weight is 429 g/mol. The number of hydrogen-bond acceptors (Lipinski definition) is 3. The highest BCUT2D eigenvalue weighted by Gasteiger charge is 2.22. The molecule has 0 fully saturated rings. The highest BCUT2D eigenvalue weighted by molar-refractivity contribution is 7.10. The summed E-state index contributed by atoms with van der Waals surface area (Å²) in [4.78, 5) is 24.9. The van der Waals surface area contributed by atoms with E-state index in [4.69, 9.17) is 5.73 Å². The second-order valence-corrected chi connectivity index (χ2v) is 7.77. The largest absolute Gasteiger partial charge is 0.352 e. The van der Waals surface area contributed by atoms with Gasteiger partial charge in [-0.2, -0.15) is 0 Å². The normalized spacial score (nSPS) is 12.7. The predicted molar refractivity (Wildman–Crippen MR) is 112 cm³/mol. The summed E-state index contributed by atoms with van der Waals surface area (Å²) in [6.07, 6.45) is 0.234. The summed E-state index contributed by atoms with van der Waals surface area (Å²) in [5, 5.41) is 7.29. The third kappa shape index (κ3) is 6.12. The summed E-state index contributed by atoms with van der Waals surface area (Å²) in [6, 6.07) is 13.7. The Hall–Kier alpha value is -3.26. The van der Waals surface area contributed by atoms with Crippen molar-refractivity contribution in [3.05, 3.63) is 93.7 Å². The highest BCUT2D eigenvalue weighted by Crippen LogP contribution is 2.24. The van der Waals surface area contributed by atoms with Gasteiger partial charge in [-0.15, -0.1) is 11.3 Å². The molecule has 2 atom stereocenters. The number of urea groups is 1. The lowest BCUT2D eigenvalue weighted by Crippen LogP contribution is -2.37. The zero-order chi connectivity index (χ0) is 21.5. The van der Waals surface area contributed by atoms with Crippen LogP contribution in [0.4, 0.5) is 13.6 Å². The van der Waals surface area contributed by atoms with Gasteiger partial charge < -0.3 is 16.4 Å². The Morgan fingerprint density at radius 3 is 2.30 bits per heavy atom. The van der Waals surface area contributed by atoms with E-state index in [1.807, 2.05) is 11.4 Å². The zero-order valence-corrected chi connectivity index (χ0v) is 16.8. The quantitative estimate of drug-likeness (QED) is 0.501. The number of amides is 3. The number of nitrogens with one attached hydrogen (secondary N) is 2. The second-order valence-electron chi connectivity index (χ2n) is 6.79. The predicted octanol–water partition coefficient (Wildman–Crippen LogP) is 4.23. The van der Waals surface area contributed by atoms with E-state index < -0.39 is 23.9 Å². The number of rotatable bonds is 8. The van der Waals surface area contributed by atoms with Gasteiger partial charge in [-0.25, -0.2) is 13.6 Å². The molecular weight excluding hydrogens is 408 g/mol. The highest BCUT2D eigenvalue weighted by atomic mass is 32.1. The lowest BCUT2D eigenvalue weighted by Gasteiger charge is -2.22. The molecule has 0 aliphatic heterocycles. The summed E-state index contributed by atoms with van der Waals surface area (Å²) < 4.78 is 27.4. The fourth-order valence-electron chi connectivity index (χ4n) is 3.20. The summed E-state index contributed by atoms with van der Waals surface area (Å²) in [7, 11) is 0. The minimum atomic E-state index is -0.734. The molecule has 1 heterocycles. The molecule has 0 aliphatic rings. The van der Waals surface area contributed by atoms with Gasteiger partial charge in [-0.05, 0) is 53.3 Å². The Balaban J connectivity index is 1.79. The van der Waals surface area contributed by atoms with Crippen LogP contribution in [0.5, 0.6) is 0 Å².